The molecule has 88 valence electrons. The van der Waals surface area contributed by atoms with Gasteiger partial charge in [-0.15, -0.1) is 11.6 Å². The molecule has 1 spiro atoms. The minimum atomic E-state index is 0.316. The van der Waals surface area contributed by atoms with Gasteiger partial charge in [0.25, 0.3) is 0 Å². The van der Waals surface area contributed by atoms with Crippen molar-refractivity contribution >= 4 is 11.6 Å². The van der Waals surface area contributed by atoms with Crippen molar-refractivity contribution < 1.29 is 4.74 Å². The summed E-state index contributed by atoms with van der Waals surface area (Å²) in [6.45, 7) is 3.17. The molecule has 1 aliphatic heterocycles. The van der Waals surface area contributed by atoms with E-state index >= 15 is 0 Å². The van der Waals surface area contributed by atoms with Crippen molar-refractivity contribution in [2.45, 2.75) is 69.3 Å². The second-order valence-corrected chi connectivity index (χ2v) is 5.94. The molecule has 0 aromatic carbocycles. The lowest BCUT2D eigenvalue weighted by Crippen LogP contribution is -2.45. The standard InChI is InChI=1S/C13H23ClO/c1-2-12(14)5-4-11-6-9-15-13(10-11)7-3-8-13/h11-12H,2-10H2,1H3. The molecule has 15 heavy (non-hydrogen) atoms. The van der Waals surface area contributed by atoms with Crippen molar-refractivity contribution in [2.75, 3.05) is 6.61 Å². The molecule has 2 unspecified atom stereocenters. The molecular weight excluding hydrogens is 208 g/mol. The molecule has 2 fully saturated rings. The molecule has 2 rings (SSSR count). The largest absolute Gasteiger partial charge is 0.375 e. The fourth-order valence-electron chi connectivity index (χ4n) is 2.92. The maximum absolute atomic E-state index is 6.17. The molecule has 0 aromatic heterocycles. The highest BCUT2D eigenvalue weighted by Gasteiger charge is 2.42. The van der Waals surface area contributed by atoms with Gasteiger partial charge < -0.3 is 4.74 Å². The van der Waals surface area contributed by atoms with Crippen LogP contribution in [0, 0.1) is 5.92 Å². The zero-order chi connectivity index (χ0) is 10.7. The van der Waals surface area contributed by atoms with Gasteiger partial charge in [0, 0.05) is 12.0 Å². The zero-order valence-electron chi connectivity index (χ0n) is 9.80. The van der Waals surface area contributed by atoms with Crippen LogP contribution in [0.3, 0.4) is 0 Å². The minimum absolute atomic E-state index is 0.316. The van der Waals surface area contributed by atoms with Crippen molar-refractivity contribution in [1.82, 2.24) is 0 Å². The maximum atomic E-state index is 6.17. The quantitative estimate of drug-likeness (QED) is 0.660. The third-order valence-corrected chi connectivity index (χ3v) is 4.72. The van der Waals surface area contributed by atoms with E-state index in [0.29, 0.717) is 11.0 Å². The highest BCUT2D eigenvalue weighted by atomic mass is 35.5. The first-order chi connectivity index (χ1) is 7.24. The topological polar surface area (TPSA) is 9.23 Å². The molecule has 1 saturated heterocycles. The molecule has 0 aromatic rings. The predicted molar refractivity (Wildman–Crippen MR) is 64.4 cm³/mol. The number of halogens is 1. The molecular formula is C13H23ClO. The fraction of sp³-hybridized carbons (Fsp3) is 1.00. The van der Waals surface area contributed by atoms with Gasteiger partial charge in [0.05, 0.1) is 5.60 Å². The summed E-state index contributed by atoms with van der Waals surface area (Å²) in [6.07, 6.45) is 10.2. The van der Waals surface area contributed by atoms with Gasteiger partial charge in [-0.25, -0.2) is 0 Å². The smallest absolute Gasteiger partial charge is 0.0685 e. The Hall–Kier alpha value is 0.250. The van der Waals surface area contributed by atoms with Gasteiger partial charge in [0.2, 0.25) is 0 Å². The second kappa shape index (κ2) is 5.05. The Morgan fingerprint density at radius 3 is 2.87 bits per heavy atom. The lowest BCUT2D eigenvalue weighted by atomic mass is 9.71. The molecule has 0 bridgehead atoms. The van der Waals surface area contributed by atoms with Crippen LogP contribution in [0.2, 0.25) is 0 Å². The molecule has 0 radical (unpaired) electrons. The highest BCUT2D eigenvalue weighted by Crippen LogP contribution is 2.45. The predicted octanol–water partition coefficient (Wildman–Crippen LogP) is 4.13. The van der Waals surface area contributed by atoms with Gasteiger partial charge in [0.1, 0.15) is 0 Å². The van der Waals surface area contributed by atoms with Gasteiger partial charge >= 0.3 is 0 Å². The van der Waals surface area contributed by atoms with Crippen LogP contribution in [0.1, 0.15) is 58.3 Å². The van der Waals surface area contributed by atoms with E-state index in [9.17, 15) is 0 Å². The van der Waals surface area contributed by atoms with Crippen LogP contribution in [0.25, 0.3) is 0 Å². The van der Waals surface area contributed by atoms with E-state index in [4.69, 9.17) is 16.3 Å². The fourth-order valence-corrected chi connectivity index (χ4v) is 3.04. The Balaban J connectivity index is 1.73. The number of hydrogen-bond acceptors (Lipinski definition) is 1. The van der Waals surface area contributed by atoms with E-state index in [2.05, 4.69) is 6.92 Å². The summed E-state index contributed by atoms with van der Waals surface area (Å²) in [5, 5.41) is 0.394. The molecule has 0 N–H and O–H groups in total. The van der Waals surface area contributed by atoms with Crippen molar-refractivity contribution in [1.29, 1.82) is 0 Å². The Morgan fingerprint density at radius 2 is 2.27 bits per heavy atom. The third-order valence-electron chi connectivity index (χ3n) is 4.19. The summed E-state index contributed by atoms with van der Waals surface area (Å²) in [5.74, 6) is 0.881. The molecule has 2 aliphatic rings. The minimum Gasteiger partial charge on any atom is -0.375 e. The molecule has 2 heteroatoms. The molecule has 2 atom stereocenters. The van der Waals surface area contributed by atoms with Crippen molar-refractivity contribution in [2.24, 2.45) is 5.92 Å². The summed E-state index contributed by atoms with van der Waals surface area (Å²) in [6, 6.07) is 0. The first kappa shape index (κ1) is 11.7. The van der Waals surface area contributed by atoms with E-state index in [1.54, 1.807) is 0 Å². The summed E-state index contributed by atoms with van der Waals surface area (Å²) >= 11 is 6.17. The Morgan fingerprint density at radius 1 is 1.47 bits per heavy atom. The molecule has 1 saturated carbocycles. The normalized spacial score (nSPS) is 31.2. The zero-order valence-corrected chi connectivity index (χ0v) is 10.6. The van der Waals surface area contributed by atoms with Gasteiger partial charge in [-0.05, 0) is 57.3 Å². The van der Waals surface area contributed by atoms with E-state index < -0.39 is 0 Å². The number of ether oxygens (including phenoxy) is 1. The number of alkyl halides is 1. The number of hydrogen-bond donors (Lipinski definition) is 0. The highest BCUT2D eigenvalue weighted by molar-refractivity contribution is 6.20. The van der Waals surface area contributed by atoms with Crippen molar-refractivity contribution in [3.05, 3.63) is 0 Å². The van der Waals surface area contributed by atoms with Gasteiger partial charge in [-0.2, -0.15) is 0 Å². The number of rotatable bonds is 4. The maximum Gasteiger partial charge on any atom is 0.0685 e. The van der Waals surface area contributed by atoms with Gasteiger partial charge in [0.15, 0.2) is 0 Å². The Kier molecular flexibility index (Phi) is 3.95. The van der Waals surface area contributed by atoms with Crippen LogP contribution >= 0.6 is 11.6 Å². The lowest BCUT2D eigenvalue weighted by Gasteiger charge is -2.47. The first-order valence-corrected chi connectivity index (χ1v) is 6.96. The SMILES string of the molecule is CCC(Cl)CCC1CCOC2(CCC2)C1. The average Bonchev–Trinajstić information content (AvgIpc) is 2.24. The van der Waals surface area contributed by atoms with Crippen LogP contribution in [0.5, 0.6) is 0 Å². The van der Waals surface area contributed by atoms with Crippen LogP contribution in [-0.2, 0) is 4.74 Å². The first-order valence-electron chi connectivity index (χ1n) is 6.52. The van der Waals surface area contributed by atoms with Crippen LogP contribution in [0.15, 0.2) is 0 Å². The van der Waals surface area contributed by atoms with Crippen LogP contribution in [-0.4, -0.2) is 17.6 Å². The molecule has 0 amide bonds. The summed E-state index contributed by atoms with van der Waals surface area (Å²) in [4.78, 5) is 0. The van der Waals surface area contributed by atoms with Gasteiger partial charge in [-0.3, -0.25) is 0 Å². The van der Waals surface area contributed by atoms with Crippen molar-refractivity contribution in [3.8, 4) is 0 Å². The summed E-state index contributed by atoms with van der Waals surface area (Å²) < 4.78 is 5.93. The Labute approximate surface area is 98.5 Å². The van der Waals surface area contributed by atoms with Crippen molar-refractivity contribution in [3.63, 3.8) is 0 Å². The van der Waals surface area contributed by atoms with Gasteiger partial charge in [-0.1, -0.05) is 6.92 Å². The van der Waals surface area contributed by atoms with E-state index in [0.717, 1.165) is 18.9 Å². The molecule has 1 nitrogen and oxygen atoms in total. The third kappa shape index (κ3) is 2.88. The second-order valence-electron chi connectivity index (χ2n) is 5.33. The lowest BCUT2D eigenvalue weighted by molar-refractivity contribution is -0.144. The van der Waals surface area contributed by atoms with E-state index in [1.807, 2.05) is 0 Å². The van der Waals surface area contributed by atoms with E-state index in [-0.39, 0.29) is 0 Å². The van der Waals surface area contributed by atoms with E-state index in [1.165, 1.54) is 44.9 Å². The average molecular weight is 231 g/mol. The Bertz CT molecular complexity index is 201. The summed E-state index contributed by atoms with van der Waals surface area (Å²) in [7, 11) is 0. The molecule has 1 heterocycles. The van der Waals surface area contributed by atoms with Crippen LogP contribution in [0.4, 0.5) is 0 Å². The molecule has 1 aliphatic carbocycles. The summed E-state index contributed by atoms with van der Waals surface area (Å²) in [5.41, 5.74) is 0.316. The monoisotopic (exact) mass is 230 g/mol. The van der Waals surface area contributed by atoms with Crippen LogP contribution < -0.4 is 0 Å².